The molecule has 0 amide bonds. The summed E-state index contributed by atoms with van der Waals surface area (Å²) in [6.07, 6.45) is 1.59. The molecule has 3 atom stereocenters. The molecule has 2 saturated heterocycles. The Bertz CT molecular complexity index is 652. The van der Waals surface area contributed by atoms with Gasteiger partial charge in [0.05, 0.1) is 6.10 Å². The highest BCUT2D eigenvalue weighted by molar-refractivity contribution is 5.80. The molecule has 1 aliphatic carbocycles. The molecule has 2 heterocycles. The number of rotatable bonds is 4. The minimum absolute atomic E-state index is 0.185. The molecule has 3 unspecified atom stereocenters. The summed E-state index contributed by atoms with van der Waals surface area (Å²) < 4.78 is 5.95. The van der Waals surface area contributed by atoms with Gasteiger partial charge in [-0.3, -0.25) is 9.89 Å². The summed E-state index contributed by atoms with van der Waals surface area (Å²) in [5.74, 6) is 1.74. The van der Waals surface area contributed by atoms with Gasteiger partial charge in [0.1, 0.15) is 0 Å². The second-order valence-corrected chi connectivity index (χ2v) is 8.73. The van der Waals surface area contributed by atoms with E-state index in [4.69, 9.17) is 9.73 Å². The molecule has 3 aliphatic rings. The maximum absolute atomic E-state index is 5.95. The normalized spacial score (nSPS) is 30.7. The first-order valence-electron chi connectivity index (χ1n) is 10.5. The number of piperazine rings is 1. The highest BCUT2D eigenvalue weighted by atomic mass is 16.5. The first-order chi connectivity index (χ1) is 13.1. The molecule has 148 valence electrons. The molecular weight excluding hydrogens is 336 g/mol. The fraction of sp³-hybridized carbons (Fsp3) is 0.682. The minimum Gasteiger partial charge on any atom is -0.377 e. The molecule has 1 aromatic rings. The zero-order chi connectivity index (χ0) is 18.9. The number of aliphatic imine (C=N–C) groups is 1. The van der Waals surface area contributed by atoms with Crippen LogP contribution < -0.4 is 5.32 Å². The maximum Gasteiger partial charge on any atom is 0.194 e. The van der Waals surface area contributed by atoms with Gasteiger partial charge in [-0.15, -0.1) is 0 Å². The fourth-order valence-corrected chi connectivity index (χ4v) is 5.10. The van der Waals surface area contributed by atoms with Crippen LogP contribution in [0.4, 0.5) is 0 Å². The minimum atomic E-state index is 0.185. The van der Waals surface area contributed by atoms with E-state index in [0.29, 0.717) is 18.1 Å². The highest BCUT2D eigenvalue weighted by Crippen LogP contribution is 2.52. The van der Waals surface area contributed by atoms with Crippen LogP contribution >= 0.6 is 0 Å². The third-order valence-corrected chi connectivity index (χ3v) is 6.61. The van der Waals surface area contributed by atoms with Gasteiger partial charge in [-0.05, 0) is 18.9 Å². The molecule has 5 nitrogen and oxygen atoms in total. The Labute approximate surface area is 163 Å². The van der Waals surface area contributed by atoms with Crippen LogP contribution in [0.3, 0.4) is 0 Å². The Morgan fingerprint density at radius 3 is 2.63 bits per heavy atom. The van der Waals surface area contributed by atoms with Crippen molar-refractivity contribution in [3.8, 4) is 0 Å². The summed E-state index contributed by atoms with van der Waals surface area (Å²) in [6, 6.07) is 11.2. The van der Waals surface area contributed by atoms with Gasteiger partial charge in [0.25, 0.3) is 0 Å². The van der Waals surface area contributed by atoms with E-state index in [-0.39, 0.29) is 5.41 Å². The van der Waals surface area contributed by atoms with Crippen molar-refractivity contribution < 1.29 is 4.74 Å². The van der Waals surface area contributed by atoms with Crippen LogP contribution in [0.25, 0.3) is 0 Å². The number of ether oxygens (including phenoxy) is 1. The molecule has 2 aliphatic heterocycles. The third kappa shape index (κ3) is 3.72. The van der Waals surface area contributed by atoms with E-state index < -0.39 is 0 Å². The summed E-state index contributed by atoms with van der Waals surface area (Å²) in [6.45, 7) is 13.8. The zero-order valence-electron chi connectivity index (χ0n) is 17.0. The Hall–Kier alpha value is -1.59. The van der Waals surface area contributed by atoms with Crippen molar-refractivity contribution in [3.05, 3.63) is 35.9 Å². The summed E-state index contributed by atoms with van der Waals surface area (Å²) in [5, 5.41) is 3.83. The lowest BCUT2D eigenvalue weighted by atomic mass is 9.57. The van der Waals surface area contributed by atoms with E-state index in [1.54, 1.807) is 0 Å². The highest BCUT2D eigenvalue weighted by Gasteiger charge is 2.59. The molecule has 0 radical (unpaired) electrons. The molecular formula is C22H34N4O. The lowest BCUT2D eigenvalue weighted by Gasteiger charge is -2.55. The molecule has 1 saturated carbocycles. The van der Waals surface area contributed by atoms with Gasteiger partial charge in [0.15, 0.2) is 5.96 Å². The number of benzene rings is 1. The van der Waals surface area contributed by atoms with Gasteiger partial charge in [0, 0.05) is 63.3 Å². The summed E-state index contributed by atoms with van der Waals surface area (Å²) >= 11 is 0. The average molecular weight is 371 g/mol. The van der Waals surface area contributed by atoms with Crippen molar-refractivity contribution >= 4 is 5.96 Å². The lowest BCUT2D eigenvalue weighted by molar-refractivity contribution is -0.107. The summed E-state index contributed by atoms with van der Waals surface area (Å²) in [5.41, 5.74) is 1.58. The van der Waals surface area contributed by atoms with E-state index >= 15 is 0 Å². The Morgan fingerprint density at radius 1 is 1.19 bits per heavy atom. The van der Waals surface area contributed by atoms with Crippen LogP contribution in [0.2, 0.25) is 0 Å². The number of nitrogens with one attached hydrogen (secondary N) is 1. The SMILES string of the molecule is CCN=C(NC1C2CCOC2C1(C)C)N1CCN(Cc2ccccc2)CC1. The van der Waals surface area contributed by atoms with Gasteiger partial charge in [-0.1, -0.05) is 44.2 Å². The van der Waals surface area contributed by atoms with Crippen LogP contribution in [-0.4, -0.2) is 67.2 Å². The van der Waals surface area contributed by atoms with Crippen molar-refractivity contribution in [2.75, 3.05) is 39.3 Å². The van der Waals surface area contributed by atoms with Crippen molar-refractivity contribution in [1.29, 1.82) is 0 Å². The van der Waals surface area contributed by atoms with Crippen LogP contribution in [0.1, 0.15) is 32.8 Å². The van der Waals surface area contributed by atoms with Crippen molar-refractivity contribution in [1.82, 2.24) is 15.1 Å². The summed E-state index contributed by atoms with van der Waals surface area (Å²) in [7, 11) is 0. The largest absolute Gasteiger partial charge is 0.377 e. The van der Waals surface area contributed by atoms with E-state index in [1.165, 1.54) is 12.0 Å². The molecule has 4 rings (SSSR count). The second kappa shape index (κ2) is 7.80. The lowest BCUT2D eigenvalue weighted by Crippen LogP contribution is -2.68. The topological polar surface area (TPSA) is 40.1 Å². The van der Waals surface area contributed by atoms with Crippen molar-refractivity contribution in [3.63, 3.8) is 0 Å². The monoisotopic (exact) mass is 370 g/mol. The quantitative estimate of drug-likeness (QED) is 0.653. The second-order valence-electron chi connectivity index (χ2n) is 8.73. The van der Waals surface area contributed by atoms with Gasteiger partial charge in [-0.25, -0.2) is 0 Å². The van der Waals surface area contributed by atoms with Gasteiger partial charge in [0.2, 0.25) is 0 Å². The average Bonchev–Trinajstić information content (AvgIpc) is 3.14. The smallest absolute Gasteiger partial charge is 0.194 e. The van der Waals surface area contributed by atoms with Gasteiger partial charge >= 0.3 is 0 Å². The first-order valence-corrected chi connectivity index (χ1v) is 10.5. The molecule has 0 bridgehead atoms. The molecule has 0 spiro atoms. The van der Waals surface area contributed by atoms with Gasteiger partial charge in [-0.2, -0.15) is 0 Å². The van der Waals surface area contributed by atoms with Crippen LogP contribution in [-0.2, 0) is 11.3 Å². The number of hydrogen-bond donors (Lipinski definition) is 1. The first kappa shape index (κ1) is 18.8. The van der Waals surface area contributed by atoms with Crippen molar-refractivity contribution in [2.24, 2.45) is 16.3 Å². The van der Waals surface area contributed by atoms with E-state index in [1.807, 2.05) is 0 Å². The Balaban J connectivity index is 1.34. The van der Waals surface area contributed by atoms with Crippen LogP contribution in [0.5, 0.6) is 0 Å². The standard InChI is InChI=1S/C22H34N4O/c1-4-23-21(24-19-18-10-15-27-20(18)22(19,2)3)26-13-11-25(12-14-26)16-17-8-6-5-7-9-17/h5-9,18-20H,4,10-16H2,1-3H3,(H,23,24). The van der Waals surface area contributed by atoms with Crippen LogP contribution in [0, 0.1) is 11.3 Å². The molecule has 27 heavy (non-hydrogen) atoms. The Morgan fingerprint density at radius 2 is 1.93 bits per heavy atom. The van der Waals surface area contributed by atoms with E-state index in [2.05, 4.69) is 66.2 Å². The predicted octanol–water partition coefficient (Wildman–Crippen LogP) is 2.58. The van der Waals surface area contributed by atoms with E-state index in [0.717, 1.165) is 51.8 Å². The number of guanidine groups is 1. The Kier molecular flexibility index (Phi) is 5.42. The molecule has 1 aromatic carbocycles. The molecule has 0 aromatic heterocycles. The maximum atomic E-state index is 5.95. The van der Waals surface area contributed by atoms with E-state index in [9.17, 15) is 0 Å². The molecule has 5 heteroatoms. The zero-order valence-corrected chi connectivity index (χ0v) is 17.0. The number of hydrogen-bond acceptors (Lipinski definition) is 3. The number of fused-ring (bicyclic) bond motifs is 1. The third-order valence-electron chi connectivity index (χ3n) is 6.61. The number of nitrogens with zero attached hydrogens (tertiary/aromatic N) is 3. The van der Waals surface area contributed by atoms with Gasteiger partial charge < -0.3 is 15.0 Å². The van der Waals surface area contributed by atoms with Crippen molar-refractivity contribution in [2.45, 2.75) is 45.9 Å². The molecule has 1 N–H and O–H groups in total. The predicted molar refractivity (Wildman–Crippen MR) is 110 cm³/mol. The van der Waals surface area contributed by atoms with Crippen LogP contribution in [0.15, 0.2) is 35.3 Å². The molecule has 3 fully saturated rings. The summed E-state index contributed by atoms with van der Waals surface area (Å²) in [4.78, 5) is 9.82. The fourth-order valence-electron chi connectivity index (χ4n) is 5.10.